The molecule has 3 aliphatic heterocycles. The molecule has 168 valence electrons. The average Bonchev–Trinajstić information content (AvgIpc) is 3.21. The van der Waals surface area contributed by atoms with Crippen LogP contribution in [0.1, 0.15) is 38.7 Å². The quantitative estimate of drug-likeness (QED) is 0.682. The number of piperidine rings is 1. The molecule has 1 spiro atoms. The number of hydrogen-bond acceptors (Lipinski definition) is 5. The normalized spacial score (nSPS) is 25.6. The van der Waals surface area contributed by atoms with E-state index in [4.69, 9.17) is 4.74 Å². The number of ether oxygens (including phenoxy) is 1. The third kappa shape index (κ3) is 3.30. The van der Waals surface area contributed by atoms with Gasteiger partial charge in [-0.25, -0.2) is 0 Å². The number of anilines is 2. The SMILES string of the molecule is CCOc1ccc(N2C(=O)[C@@H](C)S[C@@]23C(=O)N(CN2CCCCC2)c2ccccc23)cc1. The summed E-state index contributed by atoms with van der Waals surface area (Å²) in [5.41, 5.74) is 2.53. The second-order valence-corrected chi connectivity index (χ2v) is 10.1. The van der Waals surface area contributed by atoms with E-state index >= 15 is 0 Å². The van der Waals surface area contributed by atoms with Crippen molar-refractivity contribution >= 4 is 35.0 Å². The van der Waals surface area contributed by atoms with Gasteiger partial charge in [0.25, 0.3) is 5.91 Å². The molecule has 6 nitrogen and oxygen atoms in total. The Morgan fingerprint density at radius 3 is 2.47 bits per heavy atom. The predicted molar refractivity (Wildman–Crippen MR) is 128 cm³/mol. The summed E-state index contributed by atoms with van der Waals surface area (Å²) >= 11 is 1.45. The Balaban J connectivity index is 1.57. The van der Waals surface area contributed by atoms with Crippen molar-refractivity contribution in [3.63, 3.8) is 0 Å². The van der Waals surface area contributed by atoms with E-state index in [0.29, 0.717) is 13.3 Å². The van der Waals surface area contributed by atoms with Gasteiger partial charge in [-0.05, 0) is 70.1 Å². The van der Waals surface area contributed by atoms with Crippen LogP contribution in [0.4, 0.5) is 11.4 Å². The number of benzene rings is 2. The highest BCUT2D eigenvalue weighted by Gasteiger charge is 2.63. The van der Waals surface area contributed by atoms with Crippen LogP contribution >= 0.6 is 11.8 Å². The molecule has 0 saturated carbocycles. The minimum absolute atomic E-state index is 0.0270. The smallest absolute Gasteiger partial charge is 0.269 e. The zero-order chi connectivity index (χ0) is 22.3. The van der Waals surface area contributed by atoms with Gasteiger partial charge < -0.3 is 4.74 Å². The molecule has 3 aliphatic rings. The van der Waals surface area contributed by atoms with Crippen LogP contribution < -0.4 is 14.5 Å². The number of rotatable bonds is 5. The van der Waals surface area contributed by atoms with Gasteiger partial charge in [0.2, 0.25) is 10.8 Å². The van der Waals surface area contributed by atoms with Gasteiger partial charge in [0, 0.05) is 11.3 Å². The molecule has 2 amide bonds. The lowest BCUT2D eigenvalue weighted by Crippen LogP contribution is -2.52. The minimum Gasteiger partial charge on any atom is -0.494 e. The average molecular weight is 452 g/mol. The monoisotopic (exact) mass is 451 g/mol. The first kappa shape index (κ1) is 21.3. The number of nitrogens with zero attached hydrogens (tertiary/aromatic N) is 3. The highest BCUT2D eigenvalue weighted by molar-refractivity contribution is 8.03. The summed E-state index contributed by atoms with van der Waals surface area (Å²) in [6, 6.07) is 15.4. The molecule has 3 heterocycles. The molecule has 2 atom stereocenters. The Labute approximate surface area is 193 Å². The molecule has 0 bridgehead atoms. The Kier molecular flexibility index (Phi) is 5.63. The van der Waals surface area contributed by atoms with Crippen LogP contribution in [0, 0.1) is 0 Å². The lowest BCUT2D eigenvalue weighted by atomic mass is 10.0. The summed E-state index contributed by atoms with van der Waals surface area (Å²) < 4.78 is 5.58. The van der Waals surface area contributed by atoms with Crippen LogP contribution in [0.5, 0.6) is 5.75 Å². The fourth-order valence-corrected chi connectivity index (χ4v) is 6.57. The maximum atomic E-state index is 14.2. The van der Waals surface area contributed by atoms with Crippen LogP contribution in [0.15, 0.2) is 48.5 Å². The lowest BCUT2D eigenvalue weighted by molar-refractivity contribution is -0.124. The summed E-state index contributed by atoms with van der Waals surface area (Å²) in [6.07, 6.45) is 3.58. The van der Waals surface area contributed by atoms with E-state index in [1.807, 2.05) is 67.3 Å². The summed E-state index contributed by atoms with van der Waals surface area (Å²) in [6.45, 7) is 6.99. The molecule has 0 N–H and O–H groups in total. The largest absolute Gasteiger partial charge is 0.494 e. The van der Waals surface area contributed by atoms with E-state index in [-0.39, 0.29) is 17.1 Å². The number of carbonyl (C=O) groups excluding carboxylic acids is 2. The molecule has 2 fully saturated rings. The van der Waals surface area contributed by atoms with Gasteiger partial charge in [-0.2, -0.15) is 0 Å². The summed E-state index contributed by atoms with van der Waals surface area (Å²) in [5, 5.41) is -0.312. The number of para-hydroxylation sites is 1. The highest BCUT2D eigenvalue weighted by atomic mass is 32.2. The molecule has 0 radical (unpaired) electrons. The fraction of sp³-hybridized carbons (Fsp3) is 0.440. The van der Waals surface area contributed by atoms with Crippen LogP contribution in [-0.2, 0) is 14.5 Å². The molecule has 0 aliphatic carbocycles. The van der Waals surface area contributed by atoms with E-state index < -0.39 is 4.87 Å². The Bertz CT molecular complexity index is 1020. The fourth-order valence-electron chi connectivity index (χ4n) is 5.04. The first-order valence-corrected chi connectivity index (χ1v) is 12.3. The number of fused-ring (bicyclic) bond motifs is 2. The number of likely N-dealkylation sites (tertiary alicyclic amines) is 1. The highest BCUT2D eigenvalue weighted by Crippen LogP contribution is 2.57. The van der Waals surface area contributed by atoms with Crippen molar-refractivity contribution in [2.75, 3.05) is 36.2 Å². The van der Waals surface area contributed by atoms with Gasteiger partial charge in [0.05, 0.1) is 24.2 Å². The standard InChI is InChI=1S/C25H29N3O3S/c1-3-31-20-13-11-19(12-14-20)28-23(29)18(2)32-25(28)21-9-5-6-10-22(21)27(24(25)30)17-26-15-7-4-8-16-26/h5-6,9-14,18H,3-4,7-8,15-17H2,1-2H3/t18-,25+/m1/s1. The van der Waals surface area contributed by atoms with E-state index in [2.05, 4.69) is 4.90 Å². The Morgan fingerprint density at radius 1 is 1.03 bits per heavy atom. The van der Waals surface area contributed by atoms with Crippen molar-refractivity contribution in [1.82, 2.24) is 4.90 Å². The Morgan fingerprint density at radius 2 is 1.75 bits per heavy atom. The topological polar surface area (TPSA) is 53.1 Å². The first-order valence-electron chi connectivity index (χ1n) is 11.4. The molecule has 2 aromatic rings. The maximum absolute atomic E-state index is 14.2. The third-order valence-corrected chi connectivity index (χ3v) is 7.99. The lowest BCUT2D eigenvalue weighted by Gasteiger charge is -2.35. The van der Waals surface area contributed by atoms with Crippen molar-refractivity contribution < 1.29 is 14.3 Å². The van der Waals surface area contributed by atoms with Crippen molar-refractivity contribution in [1.29, 1.82) is 0 Å². The third-order valence-electron chi connectivity index (χ3n) is 6.52. The molecule has 2 aromatic carbocycles. The molecule has 32 heavy (non-hydrogen) atoms. The maximum Gasteiger partial charge on any atom is 0.269 e. The van der Waals surface area contributed by atoms with E-state index in [0.717, 1.165) is 48.6 Å². The van der Waals surface area contributed by atoms with E-state index in [1.54, 1.807) is 4.90 Å². The number of carbonyl (C=O) groups is 2. The zero-order valence-electron chi connectivity index (χ0n) is 18.6. The summed E-state index contributed by atoms with van der Waals surface area (Å²) in [5.74, 6) is 0.686. The first-order chi connectivity index (χ1) is 15.6. The van der Waals surface area contributed by atoms with Crippen LogP contribution in [0.3, 0.4) is 0 Å². The zero-order valence-corrected chi connectivity index (χ0v) is 19.4. The van der Waals surface area contributed by atoms with Crippen molar-refractivity contribution in [2.24, 2.45) is 0 Å². The van der Waals surface area contributed by atoms with Crippen LogP contribution in [0.2, 0.25) is 0 Å². The minimum atomic E-state index is -1.07. The molecule has 0 aromatic heterocycles. The Hall–Kier alpha value is -2.51. The number of amides is 2. The van der Waals surface area contributed by atoms with E-state index in [1.165, 1.54) is 18.2 Å². The van der Waals surface area contributed by atoms with Gasteiger partial charge in [-0.1, -0.05) is 24.6 Å². The van der Waals surface area contributed by atoms with Crippen molar-refractivity contribution in [3.8, 4) is 5.75 Å². The van der Waals surface area contributed by atoms with Crippen LogP contribution in [0.25, 0.3) is 0 Å². The molecular formula is C25H29N3O3S. The second kappa shape index (κ2) is 8.45. The summed E-state index contributed by atoms with van der Waals surface area (Å²) in [4.78, 5) is 32.5. The van der Waals surface area contributed by atoms with Gasteiger partial charge in [0.15, 0.2) is 0 Å². The molecule has 7 heteroatoms. The van der Waals surface area contributed by atoms with Gasteiger partial charge in [-0.15, -0.1) is 11.8 Å². The number of thioether (sulfide) groups is 1. The van der Waals surface area contributed by atoms with Crippen molar-refractivity contribution in [2.45, 2.75) is 43.2 Å². The summed E-state index contributed by atoms with van der Waals surface area (Å²) in [7, 11) is 0. The molecular weight excluding hydrogens is 422 g/mol. The van der Waals surface area contributed by atoms with Crippen molar-refractivity contribution in [3.05, 3.63) is 54.1 Å². The van der Waals surface area contributed by atoms with Gasteiger partial charge in [0.1, 0.15) is 5.75 Å². The van der Waals surface area contributed by atoms with Gasteiger partial charge >= 0.3 is 0 Å². The predicted octanol–water partition coefficient (Wildman–Crippen LogP) is 4.20. The van der Waals surface area contributed by atoms with Crippen LogP contribution in [-0.4, -0.2) is 48.3 Å². The van der Waals surface area contributed by atoms with E-state index in [9.17, 15) is 9.59 Å². The second-order valence-electron chi connectivity index (χ2n) is 8.58. The molecule has 0 unspecified atom stereocenters. The molecule has 2 saturated heterocycles. The van der Waals surface area contributed by atoms with Gasteiger partial charge in [-0.3, -0.25) is 24.3 Å². The number of hydrogen-bond donors (Lipinski definition) is 0. The molecule has 5 rings (SSSR count).